The summed E-state index contributed by atoms with van der Waals surface area (Å²) in [5.74, 6) is 2.00. The number of carbonyl (C=O) groups excluding carboxylic acids is 2. The summed E-state index contributed by atoms with van der Waals surface area (Å²) >= 11 is 0. The van der Waals surface area contributed by atoms with Crippen molar-refractivity contribution in [1.82, 2.24) is 16.0 Å². The zero-order chi connectivity index (χ0) is 14.3. The quantitative estimate of drug-likeness (QED) is 0.371. The number of hydrogen-bond donors (Lipinski definition) is 3. The molecule has 0 aromatic heterocycles. The van der Waals surface area contributed by atoms with E-state index in [1.807, 2.05) is 14.0 Å². The highest BCUT2D eigenvalue weighted by atomic mass is 33.1. The normalized spacial score (nSPS) is 10.2. The van der Waals surface area contributed by atoms with Gasteiger partial charge in [0, 0.05) is 44.0 Å². The lowest BCUT2D eigenvalue weighted by Gasteiger charge is -2.05. The summed E-state index contributed by atoms with van der Waals surface area (Å²) in [6.07, 6.45) is 2.02. The number of nitrogens with one attached hydrogen (secondary N) is 3. The first kappa shape index (κ1) is 18.6. The average molecular weight is 307 g/mol. The molecule has 0 aliphatic carbocycles. The lowest BCUT2D eigenvalue weighted by Crippen LogP contribution is -2.28. The second kappa shape index (κ2) is 14.0. The van der Waals surface area contributed by atoms with Gasteiger partial charge in [0.1, 0.15) is 0 Å². The highest BCUT2D eigenvalue weighted by molar-refractivity contribution is 8.76. The van der Waals surface area contributed by atoms with Crippen LogP contribution in [0.15, 0.2) is 0 Å². The highest BCUT2D eigenvalue weighted by Crippen LogP contribution is 2.19. The Balaban J connectivity index is 3.18. The lowest BCUT2D eigenvalue weighted by atomic mass is 10.3. The fourth-order valence-corrected chi connectivity index (χ4v) is 3.04. The van der Waals surface area contributed by atoms with Crippen LogP contribution in [0.5, 0.6) is 0 Å². The van der Waals surface area contributed by atoms with Crippen molar-refractivity contribution >= 4 is 33.4 Å². The molecule has 0 atom stereocenters. The molecule has 5 nitrogen and oxygen atoms in total. The summed E-state index contributed by atoms with van der Waals surface area (Å²) in [7, 11) is 5.27. The van der Waals surface area contributed by atoms with Gasteiger partial charge in [-0.1, -0.05) is 28.5 Å². The first-order valence-corrected chi connectivity index (χ1v) is 9.12. The van der Waals surface area contributed by atoms with Gasteiger partial charge < -0.3 is 16.0 Å². The molecule has 112 valence electrons. The molecule has 0 saturated carbocycles. The van der Waals surface area contributed by atoms with Crippen LogP contribution in [-0.2, 0) is 9.59 Å². The van der Waals surface area contributed by atoms with Gasteiger partial charge in [-0.15, -0.1) is 0 Å². The van der Waals surface area contributed by atoms with Crippen LogP contribution in [0.3, 0.4) is 0 Å². The molecule has 0 spiro atoms. The zero-order valence-corrected chi connectivity index (χ0v) is 13.4. The van der Waals surface area contributed by atoms with Gasteiger partial charge in [0.25, 0.3) is 0 Å². The highest BCUT2D eigenvalue weighted by Gasteiger charge is 2.00. The molecule has 0 unspecified atom stereocenters. The molecule has 0 aromatic rings. The Morgan fingerprint density at radius 2 is 1.42 bits per heavy atom. The fourth-order valence-electron chi connectivity index (χ4n) is 1.22. The summed E-state index contributed by atoms with van der Waals surface area (Å²) < 4.78 is 0. The van der Waals surface area contributed by atoms with Gasteiger partial charge in [-0.2, -0.15) is 0 Å². The molecule has 0 aliphatic rings. The van der Waals surface area contributed by atoms with Crippen molar-refractivity contribution in [2.24, 2.45) is 0 Å². The molecule has 0 aromatic carbocycles. The summed E-state index contributed by atoms with van der Waals surface area (Å²) in [6.45, 7) is 4.12. The van der Waals surface area contributed by atoms with Gasteiger partial charge in [-0.25, -0.2) is 0 Å². The molecule has 0 radical (unpaired) electrons. The standard InChI is InChI=1S/C12H25N3O2S2/c1-3-4-11(16)14-7-9-18-19-10-8-15-12(17)5-6-13-2/h13H,3-10H2,1-2H3,(H,14,16)(H,15,17). The molecule has 7 heteroatoms. The third-order valence-corrected chi connectivity index (χ3v) is 4.59. The SMILES string of the molecule is CCCC(=O)NCCSSCCNC(=O)CCNC. The Kier molecular flexibility index (Phi) is 13.7. The van der Waals surface area contributed by atoms with Gasteiger partial charge in [0.05, 0.1) is 0 Å². The molecule has 0 rings (SSSR count). The van der Waals surface area contributed by atoms with Gasteiger partial charge in [0.2, 0.25) is 11.8 Å². The molecule has 3 N–H and O–H groups in total. The van der Waals surface area contributed by atoms with Crippen LogP contribution in [0.25, 0.3) is 0 Å². The van der Waals surface area contributed by atoms with Crippen LogP contribution >= 0.6 is 21.6 Å². The summed E-state index contributed by atoms with van der Waals surface area (Å²) in [6, 6.07) is 0. The molecular weight excluding hydrogens is 282 g/mol. The van der Waals surface area contributed by atoms with Gasteiger partial charge in [0.15, 0.2) is 0 Å². The van der Waals surface area contributed by atoms with Crippen molar-refractivity contribution in [1.29, 1.82) is 0 Å². The first-order chi connectivity index (χ1) is 9.20. The Morgan fingerprint density at radius 1 is 0.895 bits per heavy atom. The summed E-state index contributed by atoms with van der Waals surface area (Å²) in [4.78, 5) is 22.4. The van der Waals surface area contributed by atoms with E-state index < -0.39 is 0 Å². The van der Waals surface area contributed by atoms with Crippen molar-refractivity contribution in [2.75, 3.05) is 38.2 Å². The molecule has 19 heavy (non-hydrogen) atoms. The van der Waals surface area contributed by atoms with E-state index in [4.69, 9.17) is 0 Å². The fraction of sp³-hybridized carbons (Fsp3) is 0.833. The minimum atomic E-state index is 0.0896. The molecule has 0 fully saturated rings. The van der Waals surface area contributed by atoms with Gasteiger partial charge in [-0.3, -0.25) is 9.59 Å². The van der Waals surface area contributed by atoms with E-state index in [2.05, 4.69) is 16.0 Å². The predicted octanol–water partition coefficient (Wildman–Crippen LogP) is 1.01. The van der Waals surface area contributed by atoms with Crippen molar-refractivity contribution in [3.05, 3.63) is 0 Å². The van der Waals surface area contributed by atoms with Crippen LogP contribution in [0.2, 0.25) is 0 Å². The van der Waals surface area contributed by atoms with Crippen molar-refractivity contribution in [3.63, 3.8) is 0 Å². The second-order valence-electron chi connectivity index (χ2n) is 3.95. The number of rotatable bonds is 12. The number of amides is 2. The molecule has 0 aliphatic heterocycles. The Bertz CT molecular complexity index is 253. The largest absolute Gasteiger partial charge is 0.355 e. The van der Waals surface area contributed by atoms with Crippen molar-refractivity contribution in [2.45, 2.75) is 26.2 Å². The lowest BCUT2D eigenvalue weighted by molar-refractivity contribution is -0.121. The average Bonchev–Trinajstić information content (AvgIpc) is 2.39. The maximum absolute atomic E-state index is 11.3. The third-order valence-electron chi connectivity index (χ3n) is 2.18. The van der Waals surface area contributed by atoms with Crippen LogP contribution in [0, 0.1) is 0 Å². The van der Waals surface area contributed by atoms with Crippen LogP contribution in [0.4, 0.5) is 0 Å². The summed E-state index contributed by atoms with van der Waals surface area (Å²) in [5.41, 5.74) is 0. The smallest absolute Gasteiger partial charge is 0.221 e. The minimum Gasteiger partial charge on any atom is -0.355 e. The first-order valence-electron chi connectivity index (χ1n) is 6.63. The molecular formula is C12H25N3O2S2. The van der Waals surface area contributed by atoms with E-state index >= 15 is 0 Å². The molecule has 2 amide bonds. The van der Waals surface area contributed by atoms with E-state index in [0.29, 0.717) is 32.5 Å². The van der Waals surface area contributed by atoms with Crippen LogP contribution in [0.1, 0.15) is 26.2 Å². The summed E-state index contributed by atoms with van der Waals surface area (Å²) in [5, 5.41) is 8.66. The van der Waals surface area contributed by atoms with Gasteiger partial charge in [-0.05, 0) is 13.5 Å². The zero-order valence-electron chi connectivity index (χ0n) is 11.8. The van der Waals surface area contributed by atoms with E-state index in [1.54, 1.807) is 21.6 Å². The predicted molar refractivity (Wildman–Crippen MR) is 84.4 cm³/mol. The second-order valence-corrected chi connectivity index (χ2v) is 6.65. The minimum absolute atomic E-state index is 0.0896. The Hall–Kier alpha value is -0.400. The molecule has 0 heterocycles. The Morgan fingerprint density at radius 3 is 1.89 bits per heavy atom. The number of hydrogen-bond acceptors (Lipinski definition) is 5. The van der Waals surface area contributed by atoms with E-state index in [9.17, 15) is 9.59 Å². The molecule has 0 bridgehead atoms. The Labute approximate surface area is 123 Å². The van der Waals surface area contributed by atoms with Crippen LogP contribution < -0.4 is 16.0 Å². The van der Waals surface area contributed by atoms with Crippen LogP contribution in [-0.4, -0.2) is 50.0 Å². The van der Waals surface area contributed by atoms with Crippen molar-refractivity contribution < 1.29 is 9.59 Å². The van der Waals surface area contributed by atoms with Gasteiger partial charge >= 0.3 is 0 Å². The topological polar surface area (TPSA) is 70.2 Å². The van der Waals surface area contributed by atoms with E-state index in [1.165, 1.54) is 0 Å². The third kappa shape index (κ3) is 13.8. The monoisotopic (exact) mass is 307 g/mol. The molecule has 0 saturated heterocycles. The van der Waals surface area contributed by atoms with Crippen molar-refractivity contribution in [3.8, 4) is 0 Å². The number of carbonyl (C=O) groups is 2. The maximum Gasteiger partial charge on any atom is 0.221 e. The van der Waals surface area contributed by atoms with E-state index in [-0.39, 0.29) is 11.8 Å². The van der Waals surface area contributed by atoms with E-state index in [0.717, 1.165) is 17.9 Å². The maximum atomic E-state index is 11.3.